The molecule has 144 valence electrons. The normalized spacial score (nSPS) is 15.5. The van der Waals surface area contributed by atoms with Crippen molar-refractivity contribution in [2.45, 2.75) is 12.0 Å². The summed E-state index contributed by atoms with van der Waals surface area (Å²) in [6.07, 6.45) is 0. The van der Waals surface area contributed by atoms with Gasteiger partial charge in [-0.2, -0.15) is 4.31 Å². The number of nitrogens with zero attached hydrogens (tertiary/aromatic N) is 2. The van der Waals surface area contributed by atoms with Crippen molar-refractivity contribution < 1.29 is 17.6 Å². The van der Waals surface area contributed by atoms with Crippen LogP contribution >= 0.6 is 12.2 Å². The van der Waals surface area contributed by atoms with Crippen LogP contribution in [0.25, 0.3) is 0 Å². The largest absolute Gasteiger partial charge is 0.438 e. The molecule has 3 rings (SSSR count). The molecular formula is C17H20N4O4S2. The zero-order valence-electron chi connectivity index (χ0n) is 14.7. The van der Waals surface area contributed by atoms with Crippen molar-refractivity contribution in [3.05, 3.63) is 47.7 Å². The van der Waals surface area contributed by atoms with Crippen molar-refractivity contribution in [1.29, 1.82) is 0 Å². The number of benzene rings is 1. The van der Waals surface area contributed by atoms with E-state index in [0.717, 1.165) is 11.3 Å². The predicted molar refractivity (Wildman–Crippen MR) is 105 cm³/mol. The highest BCUT2D eigenvalue weighted by atomic mass is 32.2. The summed E-state index contributed by atoms with van der Waals surface area (Å²) in [5, 5.41) is 3.42. The third-order valence-electron chi connectivity index (χ3n) is 4.25. The monoisotopic (exact) mass is 408 g/mol. The van der Waals surface area contributed by atoms with Crippen molar-refractivity contribution in [1.82, 2.24) is 9.21 Å². The maximum Gasteiger partial charge on any atom is 0.284 e. The number of sulfonamides is 1. The average molecular weight is 409 g/mol. The van der Waals surface area contributed by atoms with Gasteiger partial charge in [0, 0.05) is 31.9 Å². The van der Waals surface area contributed by atoms with Gasteiger partial charge in [0.05, 0.1) is 0 Å². The van der Waals surface area contributed by atoms with Gasteiger partial charge in [0.1, 0.15) is 0 Å². The first-order chi connectivity index (χ1) is 12.8. The second-order valence-electron chi connectivity index (χ2n) is 6.17. The van der Waals surface area contributed by atoms with Gasteiger partial charge in [-0.05, 0) is 43.4 Å². The van der Waals surface area contributed by atoms with Crippen LogP contribution < -0.4 is 11.1 Å². The van der Waals surface area contributed by atoms with Gasteiger partial charge in [0.25, 0.3) is 15.9 Å². The number of primary amides is 1. The molecule has 1 aliphatic rings. The van der Waals surface area contributed by atoms with Gasteiger partial charge in [-0.3, -0.25) is 4.79 Å². The summed E-state index contributed by atoms with van der Waals surface area (Å²) in [6, 6.07) is 10.3. The number of thiocarbonyl (C=S) groups is 1. The molecule has 1 amide bonds. The Morgan fingerprint density at radius 3 is 2.30 bits per heavy atom. The van der Waals surface area contributed by atoms with Crippen LogP contribution in [0.15, 0.2) is 45.9 Å². The lowest BCUT2D eigenvalue weighted by Crippen LogP contribution is -2.51. The van der Waals surface area contributed by atoms with E-state index in [1.807, 2.05) is 36.1 Å². The molecule has 1 fully saturated rings. The van der Waals surface area contributed by atoms with Crippen LogP contribution in [0, 0.1) is 6.92 Å². The summed E-state index contributed by atoms with van der Waals surface area (Å²) in [4.78, 5) is 13.0. The highest BCUT2D eigenvalue weighted by Crippen LogP contribution is 2.20. The van der Waals surface area contributed by atoms with Crippen molar-refractivity contribution in [3.8, 4) is 0 Å². The number of amides is 1. The molecule has 10 heteroatoms. The Kier molecular flexibility index (Phi) is 5.49. The molecule has 27 heavy (non-hydrogen) atoms. The molecule has 0 unspecified atom stereocenters. The molecule has 8 nitrogen and oxygen atoms in total. The fraction of sp³-hybridized carbons (Fsp3) is 0.294. The van der Waals surface area contributed by atoms with E-state index in [4.69, 9.17) is 22.4 Å². The molecule has 0 aliphatic carbocycles. The fourth-order valence-corrected chi connectivity index (χ4v) is 4.32. The topological polar surface area (TPSA) is 109 Å². The quantitative estimate of drug-likeness (QED) is 0.736. The van der Waals surface area contributed by atoms with E-state index >= 15 is 0 Å². The van der Waals surface area contributed by atoms with E-state index < -0.39 is 15.9 Å². The third kappa shape index (κ3) is 4.29. The van der Waals surface area contributed by atoms with Crippen molar-refractivity contribution >= 4 is 38.9 Å². The first-order valence-electron chi connectivity index (χ1n) is 8.30. The Hall–Kier alpha value is -2.43. The Labute approximate surface area is 163 Å². The standard InChI is InChI=1S/C17H20N4O4S2/c1-12-2-4-13(5-3-12)19-17(26)20-8-10-21(11-9-20)27(23,24)15-7-6-14(25-15)16(18)22/h2-7H,8-11H2,1H3,(H2,18,22)(H,19,26). The van der Waals surface area contributed by atoms with E-state index in [1.54, 1.807) is 0 Å². The van der Waals surface area contributed by atoms with E-state index in [9.17, 15) is 13.2 Å². The van der Waals surface area contributed by atoms with Crippen LogP contribution in [0.3, 0.4) is 0 Å². The second-order valence-corrected chi connectivity index (χ2v) is 8.43. The van der Waals surface area contributed by atoms with Crippen LogP contribution in [0.4, 0.5) is 5.69 Å². The van der Waals surface area contributed by atoms with E-state index in [-0.39, 0.29) is 23.9 Å². The minimum Gasteiger partial charge on any atom is -0.438 e. The van der Waals surface area contributed by atoms with Crippen molar-refractivity contribution in [2.24, 2.45) is 5.73 Å². The van der Waals surface area contributed by atoms with Gasteiger partial charge in [-0.1, -0.05) is 17.7 Å². The minimum atomic E-state index is -3.82. The van der Waals surface area contributed by atoms with Crippen LogP contribution in [-0.2, 0) is 10.0 Å². The molecule has 1 aromatic carbocycles. The number of carbonyl (C=O) groups is 1. The lowest BCUT2D eigenvalue weighted by atomic mass is 10.2. The average Bonchev–Trinajstić information content (AvgIpc) is 3.15. The number of hydrogen-bond acceptors (Lipinski definition) is 5. The van der Waals surface area contributed by atoms with Crippen LogP contribution in [0.5, 0.6) is 0 Å². The highest BCUT2D eigenvalue weighted by molar-refractivity contribution is 7.89. The molecule has 0 atom stereocenters. The van der Waals surface area contributed by atoms with Gasteiger partial charge in [0.2, 0.25) is 5.09 Å². The van der Waals surface area contributed by atoms with E-state index in [0.29, 0.717) is 18.2 Å². The number of anilines is 1. The molecule has 0 saturated carbocycles. The molecule has 2 aromatic rings. The second kappa shape index (κ2) is 7.67. The summed E-state index contributed by atoms with van der Waals surface area (Å²) in [6.45, 7) is 3.41. The van der Waals surface area contributed by atoms with E-state index in [2.05, 4.69) is 5.32 Å². The van der Waals surface area contributed by atoms with Crippen LogP contribution in [0.1, 0.15) is 16.1 Å². The minimum absolute atomic E-state index is 0.185. The third-order valence-corrected chi connectivity index (χ3v) is 6.38. The van der Waals surface area contributed by atoms with Gasteiger partial charge >= 0.3 is 0 Å². The maximum absolute atomic E-state index is 12.6. The number of piperazine rings is 1. The fourth-order valence-electron chi connectivity index (χ4n) is 2.69. The number of rotatable bonds is 4. The van der Waals surface area contributed by atoms with E-state index in [1.165, 1.54) is 16.4 Å². The Bertz CT molecular complexity index is 946. The highest BCUT2D eigenvalue weighted by Gasteiger charge is 2.32. The summed E-state index contributed by atoms with van der Waals surface area (Å²) < 4.78 is 31.6. The molecule has 1 aliphatic heterocycles. The molecule has 1 aromatic heterocycles. The predicted octanol–water partition coefficient (Wildman–Crippen LogP) is 1.39. The van der Waals surface area contributed by atoms with Crippen molar-refractivity contribution in [2.75, 3.05) is 31.5 Å². The smallest absolute Gasteiger partial charge is 0.284 e. The molecule has 0 bridgehead atoms. The number of aryl methyl sites for hydroxylation is 1. The van der Waals surface area contributed by atoms with Crippen LogP contribution in [0.2, 0.25) is 0 Å². The van der Waals surface area contributed by atoms with Gasteiger partial charge in [0.15, 0.2) is 10.9 Å². The SMILES string of the molecule is Cc1ccc(NC(=S)N2CCN(S(=O)(=O)c3ccc(C(N)=O)o3)CC2)cc1. The molecule has 2 heterocycles. The summed E-state index contributed by atoms with van der Waals surface area (Å²) in [5.74, 6) is -0.996. The molecule has 1 saturated heterocycles. The van der Waals surface area contributed by atoms with Gasteiger partial charge in [-0.25, -0.2) is 8.42 Å². The lowest BCUT2D eigenvalue weighted by Gasteiger charge is -2.35. The lowest BCUT2D eigenvalue weighted by molar-refractivity contribution is 0.0968. The first kappa shape index (κ1) is 19.3. The molecule has 3 N–H and O–H groups in total. The molecule has 0 radical (unpaired) electrons. The van der Waals surface area contributed by atoms with Gasteiger partial charge in [-0.15, -0.1) is 0 Å². The van der Waals surface area contributed by atoms with Crippen molar-refractivity contribution in [3.63, 3.8) is 0 Å². The number of carbonyl (C=O) groups excluding carboxylic acids is 1. The summed E-state index contributed by atoms with van der Waals surface area (Å²) in [7, 11) is -3.82. The zero-order valence-corrected chi connectivity index (χ0v) is 16.3. The Morgan fingerprint density at radius 1 is 1.11 bits per heavy atom. The zero-order chi connectivity index (χ0) is 19.6. The number of nitrogens with one attached hydrogen (secondary N) is 1. The number of furan rings is 1. The molecule has 0 spiro atoms. The Balaban J connectivity index is 1.61. The van der Waals surface area contributed by atoms with Crippen LogP contribution in [-0.4, -0.2) is 54.8 Å². The number of nitrogens with two attached hydrogens (primary N) is 1. The Morgan fingerprint density at radius 2 is 1.74 bits per heavy atom. The van der Waals surface area contributed by atoms with Gasteiger partial charge < -0.3 is 20.4 Å². The summed E-state index contributed by atoms with van der Waals surface area (Å²) in [5.41, 5.74) is 7.14. The first-order valence-corrected chi connectivity index (χ1v) is 10.1. The maximum atomic E-state index is 12.6. The summed E-state index contributed by atoms with van der Waals surface area (Å²) >= 11 is 5.42. The number of hydrogen-bond donors (Lipinski definition) is 2. The molecular weight excluding hydrogens is 388 g/mol.